The summed E-state index contributed by atoms with van der Waals surface area (Å²) in [5.41, 5.74) is 25.5. The van der Waals surface area contributed by atoms with Gasteiger partial charge >= 0.3 is 0 Å². The van der Waals surface area contributed by atoms with E-state index in [-0.39, 0.29) is 18.0 Å². The van der Waals surface area contributed by atoms with Crippen LogP contribution >= 0.6 is 0 Å². The van der Waals surface area contributed by atoms with E-state index in [0.29, 0.717) is 28.9 Å². The number of hydrogen-bond donors (Lipinski definition) is 6. The standard InChI is InChI=1S/C22H32N8O.C3H9N/c1-14(2)31-19-10-16(21(25)26)9-18(11-19)29-22(28-13-23)20-15(3-6-27-20)12-30-7-4-17(24)5-8-30;1-3(2)4/h3,6,9-11,13-14,17,27H,4-5,7-8,12,24H2,1-2H3,(H3,25,26)(H2,23,28,29);3H,4H2,1-2H3. The molecule has 0 bridgehead atoms. The number of nitrogens with one attached hydrogen (secondary N) is 2. The summed E-state index contributed by atoms with van der Waals surface area (Å²) < 4.78 is 5.80. The van der Waals surface area contributed by atoms with Gasteiger partial charge in [-0.2, -0.15) is 0 Å². The van der Waals surface area contributed by atoms with E-state index < -0.39 is 0 Å². The molecule has 10 nitrogen and oxygen atoms in total. The predicted octanol–water partition coefficient (Wildman–Crippen LogP) is 2.43. The Hall–Kier alpha value is -3.21. The number of aromatic nitrogens is 1. The molecule has 2 aromatic rings. The average Bonchev–Trinajstić information content (AvgIpc) is 3.22. The van der Waals surface area contributed by atoms with Crippen molar-refractivity contribution in [3.63, 3.8) is 0 Å². The van der Waals surface area contributed by atoms with E-state index in [9.17, 15) is 0 Å². The SMILES string of the molecule is CC(C)N.CC(C)Oc1cc(N=C(N=CN)c2[nH]ccc2CN2CCC(N)CC2)cc(C(=N)N)c1. The van der Waals surface area contributed by atoms with Gasteiger partial charge in [-0.1, -0.05) is 13.8 Å². The Morgan fingerprint density at radius 1 is 1.23 bits per heavy atom. The molecule has 1 saturated heterocycles. The molecular weight excluding hydrogens is 442 g/mol. The molecular formula is C25H41N9O. The summed E-state index contributed by atoms with van der Waals surface area (Å²) >= 11 is 0. The fraction of sp³-hybridized carbons (Fsp3) is 0.480. The highest BCUT2D eigenvalue weighted by atomic mass is 16.5. The second-order valence-electron chi connectivity index (χ2n) is 9.24. The van der Waals surface area contributed by atoms with Crippen molar-refractivity contribution in [1.82, 2.24) is 9.88 Å². The Kier molecular flexibility index (Phi) is 10.9. The maximum atomic E-state index is 7.81. The van der Waals surface area contributed by atoms with Crippen molar-refractivity contribution in [3.8, 4) is 5.75 Å². The van der Waals surface area contributed by atoms with Crippen molar-refractivity contribution in [2.75, 3.05) is 13.1 Å². The van der Waals surface area contributed by atoms with Gasteiger partial charge in [-0.25, -0.2) is 9.98 Å². The molecule has 1 fully saturated rings. The number of aromatic amines is 1. The Balaban J connectivity index is 0.00000100. The van der Waals surface area contributed by atoms with Gasteiger partial charge in [0.25, 0.3) is 0 Å². The van der Waals surface area contributed by atoms with Crippen LogP contribution in [0.4, 0.5) is 5.69 Å². The molecule has 0 unspecified atom stereocenters. The maximum Gasteiger partial charge on any atom is 0.178 e. The molecule has 2 heterocycles. The number of nitrogens with zero attached hydrogens (tertiary/aromatic N) is 3. The smallest absolute Gasteiger partial charge is 0.178 e. The third-order valence-electron chi connectivity index (χ3n) is 5.09. The van der Waals surface area contributed by atoms with Crippen molar-refractivity contribution in [3.05, 3.63) is 47.3 Å². The third kappa shape index (κ3) is 9.51. The van der Waals surface area contributed by atoms with Crippen LogP contribution < -0.4 is 27.7 Å². The van der Waals surface area contributed by atoms with Crippen LogP contribution in [0.1, 0.15) is 57.4 Å². The number of benzene rings is 1. The summed E-state index contributed by atoms with van der Waals surface area (Å²) in [6.07, 6.45) is 5.08. The molecule has 3 rings (SSSR count). The number of nitrogen functional groups attached to an aromatic ring is 1. The molecule has 1 aliphatic heterocycles. The molecule has 0 radical (unpaired) electrons. The fourth-order valence-corrected chi connectivity index (χ4v) is 3.58. The molecule has 10 N–H and O–H groups in total. The fourth-order valence-electron chi connectivity index (χ4n) is 3.58. The number of rotatable bonds is 7. The Bertz CT molecular complexity index is 999. The number of likely N-dealkylation sites (tertiary alicyclic amines) is 1. The van der Waals surface area contributed by atoms with E-state index in [0.717, 1.165) is 43.7 Å². The van der Waals surface area contributed by atoms with Gasteiger partial charge in [0.15, 0.2) is 5.84 Å². The zero-order valence-corrected chi connectivity index (χ0v) is 21.3. The lowest BCUT2D eigenvalue weighted by molar-refractivity contribution is 0.205. The van der Waals surface area contributed by atoms with Crippen LogP contribution in [0.3, 0.4) is 0 Å². The van der Waals surface area contributed by atoms with E-state index in [1.807, 2.05) is 40.0 Å². The lowest BCUT2D eigenvalue weighted by Crippen LogP contribution is -2.39. The molecule has 192 valence electrons. The largest absolute Gasteiger partial charge is 0.491 e. The number of H-pyrrole nitrogens is 1. The highest BCUT2D eigenvalue weighted by molar-refractivity contribution is 6.04. The lowest BCUT2D eigenvalue weighted by Gasteiger charge is -2.30. The van der Waals surface area contributed by atoms with E-state index in [4.69, 9.17) is 38.1 Å². The minimum atomic E-state index is -0.0570. The first-order valence-electron chi connectivity index (χ1n) is 12.0. The summed E-state index contributed by atoms with van der Waals surface area (Å²) in [6, 6.07) is 7.92. The number of hydrogen-bond acceptors (Lipinski definition) is 6. The van der Waals surface area contributed by atoms with Gasteiger partial charge in [0.05, 0.1) is 23.8 Å². The molecule has 0 spiro atoms. The molecule has 1 aromatic heterocycles. The highest BCUT2D eigenvalue weighted by Crippen LogP contribution is 2.26. The van der Waals surface area contributed by atoms with Crippen molar-refractivity contribution in [2.45, 2.75) is 65.3 Å². The number of amidine groups is 2. The van der Waals surface area contributed by atoms with Gasteiger partial charge in [-0.15, -0.1) is 0 Å². The van der Waals surface area contributed by atoms with Crippen molar-refractivity contribution < 1.29 is 4.74 Å². The summed E-state index contributed by atoms with van der Waals surface area (Å²) in [5, 5.41) is 7.81. The summed E-state index contributed by atoms with van der Waals surface area (Å²) in [6.45, 7) is 10.5. The quantitative estimate of drug-likeness (QED) is 0.260. The first-order valence-corrected chi connectivity index (χ1v) is 12.0. The molecule has 1 aromatic carbocycles. The van der Waals surface area contributed by atoms with Crippen LogP contribution in [0, 0.1) is 5.41 Å². The first-order chi connectivity index (χ1) is 16.6. The average molecular weight is 484 g/mol. The molecule has 35 heavy (non-hydrogen) atoms. The van der Waals surface area contributed by atoms with E-state index in [1.165, 1.54) is 6.34 Å². The number of piperidine rings is 1. The Labute approximate surface area is 208 Å². The van der Waals surface area contributed by atoms with Crippen LogP contribution in [0.2, 0.25) is 0 Å². The van der Waals surface area contributed by atoms with Crippen molar-refractivity contribution in [2.24, 2.45) is 32.9 Å². The number of ether oxygens (including phenoxy) is 1. The summed E-state index contributed by atoms with van der Waals surface area (Å²) in [5.74, 6) is 0.986. The van der Waals surface area contributed by atoms with Crippen molar-refractivity contribution >= 4 is 23.7 Å². The number of nitrogens with two attached hydrogens (primary N) is 4. The maximum absolute atomic E-state index is 7.81. The second-order valence-corrected chi connectivity index (χ2v) is 9.24. The molecule has 0 aliphatic carbocycles. The topological polar surface area (TPSA) is 181 Å². The van der Waals surface area contributed by atoms with Gasteiger partial charge in [0.2, 0.25) is 0 Å². The third-order valence-corrected chi connectivity index (χ3v) is 5.09. The zero-order chi connectivity index (χ0) is 26.0. The summed E-state index contributed by atoms with van der Waals surface area (Å²) in [4.78, 5) is 14.6. The predicted molar refractivity (Wildman–Crippen MR) is 145 cm³/mol. The van der Waals surface area contributed by atoms with Gasteiger partial charge in [-0.3, -0.25) is 10.3 Å². The van der Waals surface area contributed by atoms with Gasteiger partial charge in [0, 0.05) is 30.4 Å². The summed E-state index contributed by atoms with van der Waals surface area (Å²) in [7, 11) is 0. The van der Waals surface area contributed by atoms with E-state index in [2.05, 4.69) is 14.9 Å². The van der Waals surface area contributed by atoms with Crippen LogP contribution in [0.5, 0.6) is 5.75 Å². The van der Waals surface area contributed by atoms with Crippen molar-refractivity contribution in [1.29, 1.82) is 5.41 Å². The highest BCUT2D eigenvalue weighted by Gasteiger charge is 2.19. The van der Waals surface area contributed by atoms with Gasteiger partial charge < -0.3 is 32.7 Å². The first kappa shape index (κ1) is 28.0. The normalized spacial score (nSPS) is 15.5. The minimum Gasteiger partial charge on any atom is -0.491 e. The molecule has 0 amide bonds. The second kappa shape index (κ2) is 13.6. The molecule has 10 heteroatoms. The van der Waals surface area contributed by atoms with Gasteiger partial charge in [0.1, 0.15) is 11.6 Å². The van der Waals surface area contributed by atoms with Crippen LogP contribution in [-0.4, -0.2) is 59.2 Å². The van der Waals surface area contributed by atoms with Crippen LogP contribution in [0.15, 0.2) is 40.4 Å². The Morgan fingerprint density at radius 2 is 1.89 bits per heavy atom. The lowest BCUT2D eigenvalue weighted by atomic mass is 10.1. The molecule has 0 saturated carbocycles. The minimum absolute atomic E-state index is 0.0201. The molecule has 0 atom stereocenters. The zero-order valence-electron chi connectivity index (χ0n) is 21.3. The molecule has 1 aliphatic rings. The van der Waals surface area contributed by atoms with Crippen LogP contribution in [0.25, 0.3) is 0 Å². The van der Waals surface area contributed by atoms with Gasteiger partial charge in [-0.05, 0) is 69.6 Å². The Morgan fingerprint density at radius 3 is 2.46 bits per heavy atom. The van der Waals surface area contributed by atoms with E-state index in [1.54, 1.807) is 18.2 Å². The number of aliphatic imine (C=N–C) groups is 2. The van der Waals surface area contributed by atoms with E-state index >= 15 is 0 Å². The van der Waals surface area contributed by atoms with Crippen LogP contribution in [-0.2, 0) is 6.54 Å². The monoisotopic (exact) mass is 483 g/mol.